The number of fused-ring (bicyclic) bond motifs is 1. The number of nitrogens with one attached hydrogen (secondary N) is 1. The molecule has 98 valence electrons. The minimum Gasteiger partial charge on any atom is -0.506 e. The topological polar surface area (TPSA) is 92.4 Å². The van der Waals surface area contributed by atoms with Crippen LogP contribution in [0.15, 0.2) is 18.2 Å². The molecule has 0 saturated carbocycles. The molecule has 5 nitrogen and oxygen atoms in total. The standard InChI is InChI=1S/C12H16N2O3S/c1-18(16,17)14-12-10-4-2-3-8(7-13)9(10)5-6-11(12)15/h3,5-6,14-15H,2,4,7,13H2,1H3. The lowest BCUT2D eigenvalue weighted by molar-refractivity contribution is 0.477. The van der Waals surface area contributed by atoms with Gasteiger partial charge in [-0.15, -0.1) is 0 Å². The summed E-state index contributed by atoms with van der Waals surface area (Å²) >= 11 is 0. The molecule has 1 aliphatic rings. The molecule has 0 spiro atoms. The van der Waals surface area contributed by atoms with Crippen molar-refractivity contribution in [3.63, 3.8) is 0 Å². The maximum Gasteiger partial charge on any atom is 0.229 e. The maximum atomic E-state index is 11.3. The third-order valence-electron chi connectivity index (χ3n) is 2.93. The number of allylic oxidation sites excluding steroid dienone is 1. The van der Waals surface area contributed by atoms with Crippen LogP contribution < -0.4 is 10.5 Å². The van der Waals surface area contributed by atoms with Crippen LogP contribution in [0.5, 0.6) is 5.75 Å². The summed E-state index contributed by atoms with van der Waals surface area (Å²) in [5.41, 5.74) is 8.63. The van der Waals surface area contributed by atoms with Gasteiger partial charge in [-0.3, -0.25) is 4.72 Å². The Balaban J connectivity index is 2.57. The zero-order chi connectivity index (χ0) is 13.3. The first kappa shape index (κ1) is 12.9. The zero-order valence-corrected chi connectivity index (χ0v) is 10.9. The van der Waals surface area contributed by atoms with E-state index in [1.54, 1.807) is 6.07 Å². The van der Waals surface area contributed by atoms with E-state index in [1.807, 2.05) is 6.08 Å². The number of aromatic hydroxyl groups is 1. The first-order valence-corrected chi connectivity index (χ1v) is 7.53. The molecule has 1 aromatic rings. The minimum atomic E-state index is -3.42. The quantitative estimate of drug-likeness (QED) is 0.714. The number of phenols is 1. The normalized spacial score (nSPS) is 14.9. The molecule has 0 aliphatic heterocycles. The van der Waals surface area contributed by atoms with Gasteiger partial charge in [0.1, 0.15) is 5.75 Å². The van der Waals surface area contributed by atoms with Crippen molar-refractivity contribution in [1.82, 2.24) is 0 Å². The molecule has 18 heavy (non-hydrogen) atoms. The van der Waals surface area contributed by atoms with E-state index in [0.29, 0.717) is 13.0 Å². The molecule has 0 bridgehead atoms. The number of sulfonamides is 1. The Morgan fingerprint density at radius 3 is 2.78 bits per heavy atom. The average Bonchev–Trinajstić information content (AvgIpc) is 2.30. The second-order valence-corrected chi connectivity index (χ2v) is 6.08. The Labute approximate surface area is 106 Å². The molecule has 0 heterocycles. The van der Waals surface area contributed by atoms with Gasteiger partial charge in [-0.05, 0) is 35.6 Å². The van der Waals surface area contributed by atoms with Crippen LogP contribution in [0.3, 0.4) is 0 Å². The van der Waals surface area contributed by atoms with Crippen molar-refractivity contribution in [3.05, 3.63) is 29.3 Å². The summed E-state index contributed by atoms with van der Waals surface area (Å²) < 4.78 is 25.0. The second kappa shape index (κ2) is 4.62. The van der Waals surface area contributed by atoms with Gasteiger partial charge in [0.15, 0.2) is 0 Å². The predicted octanol–water partition coefficient (Wildman–Crippen LogP) is 1.05. The summed E-state index contributed by atoms with van der Waals surface area (Å²) in [6.07, 6.45) is 4.59. The summed E-state index contributed by atoms with van der Waals surface area (Å²) in [7, 11) is -3.42. The number of nitrogens with two attached hydrogens (primary N) is 1. The van der Waals surface area contributed by atoms with Crippen molar-refractivity contribution in [3.8, 4) is 5.75 Å². The van der Waals surface area contributed by atoms with Crippen molar-refractivity contribution >= 4 is 21.3 Å². The zero-order valence-electron chi connectivity index (χ0n) is 10.1. The van der Waals surface area contributed by atoms with Crippen molar-refractivity contribution in [1.29, 1.82) is 0 Å². The van der Waals surface area contributed by atoms with Gasteiger partial charge in [0.25, 0.3) is 0 Å². The van der Waals surface area contributed by atoms with Crippen molar-refractivity contribution in [2.24, 2.45) is 5.73 Å². The van der Waals surface area contributed by atoms with E-state index in [0.717, 1.165) is 29.4 Å². The highest BCUT2D eigenvalue weighted by atomic mass is 32.2. The number of hydrogen-bond donors (Lipinski definition) is 3. The van der Waals surface area contributed by atoms with Crippen LogP contribution >= 0.6 is 0 Å². The third kappa shape index (κ3) is 2.49. The van der Waals surface area contributed by atoms with Gasteiger partial charge < -0.3 is 10.8 Å². The molecule has 0 saturated heterocycles. The highest BCUT2D eigenvalue weighted by molar-refractivity contribution is 7.92. The van der Waals surface area contributed by atoms with E-state index in [1.165, 1.54) is 6.07 Å². The van der Waals surface area contributed by atoms with Gasteiger partial charge in [-0.2, -0.15) is 0 Å². The molecule has 0 amide bonds. The Morgan fingerprint density at radius 1 is 1.44 bits per heavy atom. The molecule has 2 rings (SSSR count). The van der Waals surface area contributed by atoms with Crippen molar-refractivity contribution in [2.45, 2.75) is 12.8 Å². The van der Waals surface area contributed by atoms with E-state index in [9.17, 15) is 13.5 Å². The Bertz CT molecular complexity index is 606. The fraction of sp³-hybridized carbons (Fsp3) is 0.333. The molecular weight excluding hydrogens is 252 g/mol. The lowest BCUT2D eigenvalue weighted by Crippen LogP contribution is -2.15. The number of benzene rings is 1. The van der Waals surface area contributed by atoms with Gasteiger partial charge >= 0.3 is 0 Å². The van der Waals surface area contributed by atoms with Crippen LogP contribution in [0.2, 0.25) is 0 Å². The van der Waals surface area contributed by atoms with Crippen molar-refractivity contribution in [2.75, 3.05) is 17.5 Å². The fourth-order valence-electron chi connectivity index (χ4n) is 2.19. The van der Waals surface area contributed by atoms with Crippen LogP contribution in [-0.4, -0.2) is 26.3 Å². The molecule has 1 aliphatic carbocycles. The number of rotatable bonds is 3. The lowest BCUT2D eigenvalue weighted by Gasteiger charge is -2.21. The van der Waals surface area contributed by atoms with Crippen LogP contribution in [0.25, 0.3) is 5.57 Å². The molecule has 0 fully saturated rings. The van der Waals surface area contributed by atoms with Crippen LogP contribution in [0.4, 0.5) is 5.69 Å². The van der Waals surface area contributed by atoms with Crippen LogP contribution in [0.1, 0.15) is 17.5 Å². The fourth-order valence-corrected chi connectivity index (χ4v) is 2.79. The number of phenolic OH excluding ortho intramolecular Hbond substituents is 1. The summed E-state index contributed by atoms with van der Waals surface area (Å²) in [6, 6.07) is 3.26. The largest absolute Gasteiger partial charge is 0.506 e. The lowest BCUT2D eigenvalue weighted by atomic mass is 9.89. The molecule has 0 unspecified atom stereocenters. The van der Waals surface area contributed by atoms with E-state index >= 15 is 0 Å². The highest BCUT2D eigenvalue weighted by Crippen LogP contribution is 2.37. The monoisotopic (exact) mass is 268 g/mol. The Kier molecular flexibility index (Phi) is 3.32. The van der Waals surface area contributed by atoms with Gasteiger partial charge in [0, 0.05) is 6.54 Å². The van der Waals surface area contributed by atoms with Gasteiger partial charge in [0.05, 0.1) is 11.9 Å². The van der Waals surface area contributed by atoms with Crippen molar-refractivity contribution < 1.29 is 13.5 Å². The van der Waals surface area contributed by atoms with Gasteiger partial charge in [0.2, 0.25) is 10.0 Å². The second-order valence-electron chi connectivity index (χ2n) is 4.33. The smallest absolute Gasteiger partial charge is 0.229 e. The SMILES string of the molecule is CS(=O)(=O)Nc1c(O)ccc2c1CCC=C2CN. The van der Waals surface area contributed by atoms with Gasteiger partial charge in [-0.25, -0.2) is 8.42 Å². The maximum absolute atomic E-state index is 11.3. The molecule has 4 N–H and O–H groups in total. The highest BCUT2D eigenvalue weighted by Gasteiger charge is 2.19. The first-order valence-electron chi connectivity index (χ1n) is 5.64. The molecule has 0 aromatic heterocycles. The average molecular weight is 268 g/mol. The van der Waals surface area contributed by atoms with Crippen LogP contribution in [-0.2, 0) is 16.4 Å². The summed E-state index contributed by atoms with van der Waals surface area (Å²) in [6.45, 7) is 0.399. The molecular formula is C12H16N2O3S. The molecule has 1 aromatic carbocycles. The van der Waals surface area contributed by atoms with Gasteiger partial charge in [-0.1, -0.05) is 12.1 Å². The Hall–Kier alpha value is -1.53. The van der Waals surface area contributed by atoms with Crippen LogP contribution in [0, 0.1) is 0 Å². The van der Waals surface area contributed by atoms with E-state index in [4.69, 9.17) is 5.73 Å². The molecule has 0 radical (unpaired) electrons. The van der Waals surface area contributed by atoms with E-state index < -0.39 is 10.0 Å². The Morgan fingerprint density at radius 2 is 2.17 bits per heavy atom. The van der Waals surface area contributed by atoms with E-state index in [-0.39, 0.29) is 11.4 Å². The number of anilines is 1. The predicted molar refractivity (Wildman–Crippen MR) is 71.9 cm³/mol. The molecule has 6 heteroatoms. The summed E-state index contributed by atoms with van der Waals surface area (Å²) in [5.74, 6) is -0.0579. The molecule has 0 atom stereocenters. The number of hydrogen-bond acceptors (Lipinski definition) is 4. The minimum absolute atomic E-state index is 0.0579. The van der Waals surface area contributed by atoms with E-state index in [2.05, 4.69) is 4.72 Å². The third-order valence-corrected chi connectivity index (χ3v) is 3.50. The first-order chi connectivity index (χ1) is 8.42. The summed E-state index contributed by atoms with van der Waals surface area (Å²) in [4.78, 5) is 0. The summed E-state index contributed by atoms with van der Waals surface area (Å²) in [5, 5.41) is 9.81.